The lowest BCUT2D eigenvalue weighted by Gasteiger charge is -2.13. The molecule has 0 spiro atoms. The van der Waals surface area contributed by atoms with Gasteiger partial charge in [0.2, 0.25) is 0 Å². The largest absolute Gasteiger partial charge is 0.573 e. The number of aliphatic hydroxyl groups excluding tert-OH is 1. The number of aliphatic hydroxyl groups is 1. The van der Waals surface area contributed by atoms with Crippen LogP contribution in [0.15, 0.2) is 41.8 Å². The average Bonchev–Trinajstić information content (AvgIpc) is 2.80. The second kappa shape index (κ2) is 5.63. The molecular weight excluding hydrogens is 277 g/mol. The maximum atomic E-state index is 12.1. The molecule has 0 saturated carbocycles. The molecule has 0 saturated heterocycles. The molecule has 1 aromatic heterocycles. The van der Waals surface area contributed by atoms with Crippen LogP contribution in [0.5, 0.6) is 5.75 Å². The maximum absolute atomic E-state index is 12.1. The lowest BCUT2D eigenvalue weighted by atomic mass is 10.1. The lowest BCUT2D eigenvalue weighted by molar-refractivity contribution is -0.274. The molecule has 0 aliphatic rings. The Morgan fingerprint density at radius 2 is 2.00 bits per heavy atom. The number of benzene rings is 1. The van der Waals surface area contributed by atoms with Crippen LogP contribution < -0.4 is 4.74 Å². The van der Waals surface area contributed by atoms with Gasteiger partial charge in [-0.15, -0.1) is 24.5 Å². The predicted octanol–water partition coefficient (Wildman–Crippen LogP) is 3.92. The smallest absolute Gasteiger partial charge is 0.406 e. The van der Waals surface area contributed by atoms with Crippen LogP contribution in [0.25, 0.3) is 0 Å². The van der Waals surface area contributed by atoms with Crippen LogP contribution in [-0.4, -0.2) is 11.5 Å². The monoisotopic (exact) mass is 288 g/mol. The van der Waals surface area contributed by atoms with Gasteiger partial charge in [-0.25, -0.2) is 0 Å². The fraction of sp³-hybridized carbons (Fsp3) is 0.231. The van der Waals surface area contributed by atoms with Gasteiger partial charge in [0.15, 0.2) is 0 Å². The molecule has 0 aliphatic heterocycles. The second-order valence-electron chi connectivity index (χ2n) is 3.92. The summed E-state index contributed by atoms with van der Waals surface area (Å²) in [4.78, 5) is 0.967. The standard InChI is InChI=1S/C13H11F3O2S/c14-13(15,16)18-10-4-1-3-9(7-10)12(17)8-11-5-2-6-19-11/h1-7,12,17H,8H2. The van der Waals surface area contributed by atoms with Gasteiger partial charge in [0, 0.05) is 11.3 Å². The number of hydrogen-bond acceptors (Lipinski definition) is 3. The number of thiophene rings is 1. The summed E-state index contributed by atoms with van der Waals surface area (Å²) in [6.45, 7) is 0. The van der Waals surface area contributed by atoms with Crippen molar-refractivity contribution in [3.8, 4) is 5.75 Å². The van der Waals surface area contributed by atoms with Crippen molar-refractivity contribution >= 4 is 11.3 Å². The Bertz CT molecular complexity index is 523. The van der Waals surface area contributed by atoms with Gasteiger partial charge in [-0.1, -0.05) is 18.2 Å². The van der Waals surface area contributed by atoms with Crippen molar-refractivity contribution in [2.24, 2.45) is 0 Å². The highest BCUT2D eigenvalue weighted by Gasteiger charge is 2.31. The van der Waals surface area contributed by atoms with Crippen LogP contribution in [0.4, 0.5) is 13.2 Å². The van der Waals surface area contributed by atoms with E-state index in [2.05, 4.69) is 4.74 Å². The van der Waals surface area contributed by atoms with E-state index in [1.807, 2.05) is 17.5 Å². The summed E-state index contributed by atoms with van der Waals surface area (Å²) in [5.41, 5.74) is 0.398. The minimum Gasteiger partial charge on any atom is -0.406 e. The van der Waals surface area contributed by atoms with Gasteiger partial charge >= 0.3 is 6.36 Å². The summed E-state index contributed by atoms with van der Waals surface area (Å²) in [6.07, 6.45) is -5.21. The molecule has 1 aromatic carbocycles. The molecule has 1 unspecified atom stereocenters. The first-order valence-corrected chi connectivity index (χ1v) is 6.38. The highest BCUT2D eigenvalue weighted by molar-refractivity contribution is 7.09. The van der Waals surface area contributed by atoms with Crippen LogP contribution in [0, 0.1) is 0 Å². The number of halogens is 3. The normalized spacial score (nSPS) is 13.3. The Morgan fingerprint density at radius 3 is 2.63 bits per heavy atom. The van der Waals surface area contributed by atoms with Gasteiger partial charge in [0.05, 0.1) is 6.10 Å². The zero-order valence-electron chi connectivity index (χ0n) is 9.72. The molecule has 0 amide bonds. The first-order valence-electron chi connectivity index (χ1n) is 5.50. The minimum atomic E-state index is -4.72. The molecular formula is C13H11F3O2S. The highest BCUT2D eigenvalue weighted by atomic mass is 32.1. The van der Waals surface area contributed by atoms with Crippen LogP contribution in [-0.2, 0) is 6.42 Å². The van der Waals surface area contributed by atoms with Gasteiger partial charge in [-0.05, 0) is 29.1 Å². The summed E-state index contributed by atoms with van der Waals surface area (Å²) in [5.74, 6) is -0.324. The van der Waals surface area contributed by atoms with E-state index in [4.69, 9.17) is 0 Å². The van der Waals surface area contributed by atoms with E-state index in [1.54, 1.807) is 6.07 Å². The van der Waals surface area contributed by atoms with Crippen molar-refractivity contribution in [2.75, 3.05) is 0 Å². The summed E-state index contributed by atoms with van der Waals surface area (Å²) in [7, 11) is 0. The summed E-state index contributed by atoms with van der Waals surface area (Å²) < 4.78 is 40.1. The van der Waals surface area contributed by atoms with Gasteiger partial charge in [0.1, 0.15) is 5.75 Å². The fourth-order valence-electron chi connectivity index (χ4n) is 1.66. The summed E-state index contributed by atoms with van der Waals surface area (Å²) >= 11 is 1.49. The first-order chi connectivity index (χ1) is 8.94. The quantitative estimate of drug-likeness (QED) is 0.924. The van der Waals surface area contributed by atoms with E-state index in [9.17, 15) is 18.3 Å². The average molecular weight is 288 g/mol. The molecule has 0 bridgehead atoms. The first kappa shape index (κ1) is 13.9. The third-order valence-electron chi connectivity index (χ3n) is 2.45. The topological polar surface area (TPSA) is 29.5 Å². The molecule has 2 rings (SSSR count). The minimum absolute atomic E-state index is 0.324. The van der Waals surface area contributed by atoms with Gasteiger partial charge in [-0.2, -0.15) is 0 Å². The predicted molar refractivity (Wildman–Crippen MR) is 66.1 cm³/mol. The zero-order chi connectivity index (χ0) is 13.9. The number of ether oxygens (including phenoxy) is 1. The molecule has 1 heterocycles. The second-order valence-corrected chi connectivity index (χ2v) is 4.95. The molecule has 1 atom stereocenters. The molecule has 0 fully saturated rings. The number of hydrogen-bond donors (Lipinski definition) is 1. The van der Waals surface area contributed by atoms with Crippen LogP contribution in [0.1, 0.15) is 16.5 Å². The van der Waals surface area contributed by atoms with Crippen LogP contribution in [0.2, 0.25) is 0 Å². The molecule has 2 nitrogen and oxygen atoms in total. The molecule has 1 N–H and O–H groups in total. The van der Waals surface area contributed by atoms with Gasteiger partial charge in [0.25, 0.3) is 0 Å². The van der Waals surface area contributed by atoms with Gasteiger partial charge < -0.3 is 9.84 Å². The Hall–Kier alpha value is -1.53. The number of rotatable bonds is 4. The van der Waals surface area contributed by atoms with Crippen molar-refractivity contribution < 1.29 is 23.0 Å². The van der Waals surface area contributed by atoms with E-state index in [1.165, 1.54) is 29.5 Å². The molecule has 0 radical (unpaired) electrons. The Morgan fingerprint density at radius 1 is 1.21 bits per heavy atom. The van der Waals surface area contributed by atoms with Gasteiger partial charge in [-0.3, -0.25) is 0 Å². The van der Waals surface area contributed by atoms with E-state index >= 15 is 0 Å². The molecule has 6 heteroatoms. The van der Waals surface area contributed by atoms with E-state index in [0.717, 1.165) is 4.88 Å². The van der Waals surface area contributed by atoms with Crippen molar-refractivity contribution in [1.82, 2.24) is 0 Å². The Kier molecular flexibility index (Phi) is 4.11. The van der Waals surface area contributed by atoms with E-state index in [-0.39, 0.29) is 5.75 Å². The van der Waals surface area contributed by atoms with Crippen LogP contribution >= 0.6 is 11.3 Å². The molecule has 0 aliphatic carbocycles. The highest BCUT2D eigenvalue weighted by Crippen LogP contribution is 2.27. The van der Waals surface area contributed by atoms with Crippen molar-refractivity contribution in [1.29, 1.82) is 0 Å². The van der Waals surface area contributed by atoms with Crippen molar-refractivity contribution in [2.45, 2.75) is 18.9 Å². The SMILES string of the molecule is OC(Cc1cccs1)c1cccc(OC(F)(F)F)c1. The molecule has 2 aromatic rings. The molecule has 102 valence electrons. The third kappa shape index (κ3) is 4.25. The lowest BCUT2D eigenvalue weighted by Crippen LogP contribution is -2.17. The summed E-state index contributed by atoms with van der Waals surface area (Å²) in [5, 5.41) is 11.9. The fourth-order valence-corrected chi connectivity index (χ4v) is 2.40. The van der Waals surface area contributed by atoms with E-state index < -0.39 is 12.5 Å². The number of alkyl halides is 3. The summed E-state index contributed by atoms with van der Waals surface area (Å²) in [6, 6.07) is 9.12. The Balaban J connectivity index is 2.09. The Labute approximate surface area is 112 Å². The zero-order valence-corrected chi connectivity index (χ0v) is 10.5. The van der Waals surface area contributed by atoms with E-state index in [0.29, 0.717) is 12.0 Å². The maximum Gasteiger partial charge on any atom is 0.573 e. The molecule has 19 heavy (non-hydrogen) atoms. The van der Waals surface area contributed by atoms with Crippen molar-refractivity contribution in [3.05, 3.63) is 52.2 Å². The van der Waals surface area contributed by atoms with Crippen LogP contribution in [0.3, 0.4) is 0 Å². The van der Waals surface area contributed by atoms with Crippen molar-refractivity contribution in [3.63, 3.8) is 0 Å². The third-order valence-corrected chi connectivity index (χ3v) is 3.35.